The van der Waals surface area contributed by atoms with Gasteiger partial charge in [0.25, 0.3) is 0 Å². The predicted octanol–water partition coefficient (Wildman–Crippen LogP) is 2.60. The number of carbonyl (C=O) groups is 1. The van der Waals surface area contributed by atoms with Crippen LogP contribution in [0.5, 0.6) is 0 Å². The highest BCUT2D eigenvalue weighted by Crippen LogP contribution is 2.17. The number of carbonyl (C=O) groups excluding carboxylic acids is 1. The van der Waals surface area contributed by atoms with Gasteiger partial charge in [-0.1, -0.05) is 13.8 Å². The molecule has 1 amide bonds. The molecule has 0 radical (unpaired) electrons. The van der Waals surface area contributed by atoms with Crippen LogP contribution in [0.25, 0.3) is 0 Å². The molecule has 1 saturated heterocycles. The molecule has 122 valence electrons. The van der Waals surface area contributed by atoms with E-state index in [0.29, 0.717) is 24.4 Å². The Bertz CT molecular complexity index is 499. The van der Waals surface area contributed by atoms with Crippen molar-refractivity contribution in [1.82, 2.24) is 10.2 Å². The van der Waals surface area contributed by atoms with Gasteiger partial charge in [0, 0.05) is 25.7 Å². The van der Waals surface area contributed by atoms with Gasteiger partial charge in [0.05, 0.1) is 5.92 Å². The van der Waals surface area contributed by atoms with Crippen LogP contribution in [0.1, 0.15) is 25.8 Å². The van der Waals surface area contributed by atoms with Crippen molar-refractivity contribution < 1.29 is 13.6 Å². The van der Waals surface area contributed by atoms with E-state index in [1.54, 1.807) is 0 Å². The molecule has 0 bridgehead atoms. The molecule has 1 fully saturated rings. The Balaban J connectivity index is 1.74. The molecular weight excluding hydrogens is 286 g/mol. The average Bonchev–Trinajstić information content (AvgIpc) is 2.85. The Morgan fingerprint density at radius 3 is 2.64 bits per heavy atom. The molecule has 0 aliphatic carbocycles. The molecule has 3 nitrogen and oxygen atoms in total. The maximum absolute atomic E-state index is 13.1. The summed E-state index contributed by atoms with van der Waals surface area (Å²) >= 11 is 0. The highest BCUT2D eigenvalue weighted by molar-refractivity contribution is 5.79. The molecule has 0 aromatic heterocycles. The molecule has 1 aliphatic rings. The number of hydrogen-bond acceptors (Lipinski definition) is 2. The number of halogens is 2. The first kappa shape index (κ1) is 16.9. The van der Waals surface area contributed by atoms with E-state index in [1.807, 2.05) is 0 Å². The number of nitrogens with one attached hydrogen (secondary N) is 1. The van der Waals surface area contributed by atoms with Crippen molar-refractivity contribution in [3.8, 4) is 0 Å². The van der Waals surface area contributed by atoms with E-state index in [-0.39, 0.29) is 11.8 Å². The summed E-state index contributed by atoms with van der Waals surface area (Å²) in [6.07, 6.45) is 1.32. The predicted molar refractivity (Wildman–Crippen MR) is 82.5 cm³/mol. The van der Waals surface area contributed by atoms with Gasteiger partial charge in [0.2, 0.25) is 5.91 Å². The number of likely N-dealkylation sites (tertiary alicyclic amines) is 1. The van der Waals surface area contributed by atoms with Crippen molar-refractivity contribution >= 4 is 5.91 Å². The minimum absolute atomic E-state index is 0.0306. The first-order valence-corrected chi connectivity index (χ1v) is 7.89. The molecule has 22 heavy (non-hydrogen) atoms. The SMILES string of the molecule is CC(C)CN1CC[C@H](C(=O)NCCc2cc(F)cc(F)c2)C1. The van der Waals surface area contributed by atoms with Gasteiger partial charge in [-0.2, -0.15) is 0 Å². The van der Waals surface area contributed by atoms with Crippen LogP contribution < -0.4 is 5.32 Å². The van der Waals surface area contributed by atoms with E-state index in [0.717, 1.165) is 32.1 Å². The van der Waals surface area contributed by atoms with Crippen molar-refractivity contribution in [1.29, 1.82) is 0 Å². The van der Waals surface area contributed by atoms with Gasteiger partial charge < -0.3 is 10.2 Å². The maximum Gasteiger partial charge on any atom is 0.224 e. The molecule has 1 aliphatic heterocycles. The molecule has 0 spiro atoms. The number of rotatable bonds is 6. The van der Waals surface area contributed by atoms with Crippen molar-refractivity contribution in [3.05, 3.63) is 35.4 Å². The second kappa shape index (κ2) is 7.68. The molecule has 2 rings (SSSR count). The Morgan fingerprint density at radius 1 is 1.32 bits per heavy atom. The van der Waals surface area contributed by atoms with Gasteiger partial charge in [-0.05, 0) is 43.0 Å². The highest BCUT2D eigenvalue weighted by Gasteiger charge is 2.28. The summed E-state index contributed by atoms with van der Waals surface area (Å²) < 4.78 is 26.1. The second-order valence-corrected chi connectivity index (χ2v) is 6.46. The van der Waals surface area contributed by atoms with Crippen molar-refractivity contribution in [2.75, 3.05) is 26.2 Å². The Hall–Kier alpha value is -1.49. The van der Waals surface area contributed by atoms with E-state index in [4.69, 9.17) is 0 Å². The largest absolute Gasteiger partial charge is 0.355 e. The number of hydrogen-bond donors (Lipinski definition) is 1. The zero-order chi connectivity index (χ0) is 16.1. The lowest BCUT2D eigenvalue weighted by Gasteiger charge is -2.18. The van der Waals surface area contributed by atoms with Crippen molar-refractivity contribution in [2.24, 2.45) is 11.8 Å². The lowest BCUT2D eigenvalue weighted by Crippen LogP contribution is -2.34. The summed E-state index contributed by atoms with van der Waals surface area (Å²) in [6, 6.07) is 3.45. The first-order chi connectivity index (χ1) is 10.4. The zero-order valence-corrected chi connectivity index (χ0v) is 13.2. The molecule has 1 aromatic rings. The van der Waals surface area contributed by atoms with Gasteiger partial charge in [-0.15, -0.1) is 0 Å². The normalized spacial score (nSPS) is 18.9. The summed E-state index contributed by atoms with van der Waals surface area (Å²) in [6.45, 7) is 7.54. The molecule has 0 unspecified atom stereocenters. The fourth-order valence-electron chi connectivity index (χ4n) is 2.96. The number of nitrogens with zero attached hydrogens (tertiary/aromatic N) is 1. The molecule has 1 atom stereocenters. The van der Waals surface area contributed by atoms with E-state index in [9.17, 15) is 13.6 Å². The van der Waals surface area contributed by atoms with Crippen molar-refractivity contribution in [3.63, 3.8) is 0 Å². The summed E-state index contributed by atoms with van der Waals surface area (Å²) in [7, 11) is 0. The lowest BCUT2D eigenvalue weighted by atomic mass is 10.1. The van der Waals surface area contributed by atoms with Crippen LogP contribution in [0.3, 0.4) is 0 Å². The summed E-state index contributed by atoms with van der Waals surface area (Å²) in [4.78, 5) is 14.4. The minimum Gasteiger partial charge on any atom is -0.355 e. The fraction of sp³-hybridized carbons (Fsp3) is 0.588. The molecular formula is C17H24F2N2O. The molecule has 1 N–H and O–H groups in total. The van der Waals surface area contributed by atoms with Crippen LogP contribution in [0.4, 0.5) is 8.78 Å². The van der Waals surface area contributed by atoms with Gasteiger partial charge in [0.1, 0.15) is 11.6 Å². The Kier molecular flexibility index (Phi) is 5.89. The van der Waals surface area contributed by atoms with E-state index >= 15 is 0 Å². The standard InChI is InChI=1S/C17H24F2N2O/c1-12(2)10-21-6-4-14(11-21)17(22)20-5-3-13-7-15(18)9-16(19)8-13/h7-9,12,14H,3-6,10-11H2,1-2H3,(H,20,22)/t14-/m0/s1. The number of amides is 1. The Labute approximate surface area is 130 Å². The van der Waals surface area contributed by atoms with Crippen LogP contribution in [0.15, 0.2) is 18.2 Å². The van der Waals surface area contributed by atoms with Gasteiger partial charge >= 0.3 is 0 Å². The topological polar surface area (TPSA) is 32.3 Å². The third kappa shape index (κ3) is 5.05. The van der Waals surface area contributed by atoms with Crippen LogP contribution in [0, 0.1) is 23.5 Å². The smallest absolute Gasteiger partial charge is 0.224 e. The molecule has 1 heterocycles. The second-order valence-electron chi connectivity index (χ2n) is 6.46. The van der Waals surface area contributed by atoms with E-state index in [2.05, 4.69) is 24.1 Å². The minimum atomic E-state index is -0.582. The maximum atomic E-state index is 13.1. The fourth-order valence-corrected chi connectivity index (χ4v) is 2.96. The van der Waals surface area contributed by atoms with E-state index in [1.165, 1.54) is 12.1 Å². The number of benzene rings is 1. The Morgan fingerprint density at radius 2 is 2.00 bits per heavy atom. The molecule has 5 heteroatoms. The van der Waals surface area contributed by atoms with E-state index < -0.39 is 11.6 Å². The highest BCUT2D eigenvalue weighted by atomic mass is 19.1. The third-order valence-corrected chi connectivity index (χ3v) is 3.90. The summed E-state index contributed by atoms with van der Waals surface area (Å²) in [5, 5.41) is 2.88. The monoisotopic (exact) mass is 310 g/mol. The lowest BCUT2D eigenvalue weighted by molar-refractivity contribution is -0.124. The van der Waals surface area contributed by atoms with Crippen LogP contribution >= 0.6 is 0 Å². The quantitative estimate of drug-likeness (QED) is 0.876. The summed E-state index contributed by atoms with van der Waals surface area (Å²) in [5.74, 6) is -0.487. The molecule has 0 saturated carbocycles. The first-order valence-electron chi connectivity index (χ1n) is 7.89. The average molecular weight is 310 g/mol. The zero-order valence-electron chi connectivity index (χ0n) is 13.2. The van der Waals surface area contributed by atoms with Crippen LogP contribution in [0.2, 0.25) is 0 Å². The third-order valence-electron chi connectivity index (χ3n) is 3.90. The van der Waals surface area contributed by atoms with Gasteiger partial charge in [-0.3, -0.25) is 4.79 Å². The van der Waals surface area contributed by atoms with Gasteiger partial charge in [0.15, 0.2) is 0 Å². The summed E-state index contributed by atoms with van der Waals surface area (Å²) in [5.41, 5.74) is 0.561. The molecule has 1 aromatic carbocycles. The van der Waals surface area contributed by atoms with Crippen molar-refractivity contribution in [2.45, 2.75) is 26.7 Å². The van der Waals surface area contributed by atoms with Gasteiger partial charge in [-0.25, -0.2) is 8.78 Å². The van der Waals surface area contributed by atoms with Crippen LogP contribution in [-0.2, 0) is 11.2 Å². The van der Waals surface area contributed by atoms with Crippen LogP contribution in [-0.4, -0.2) is 37.0 Å².